The Balaban J connectivity index is 2.08. The van der Waals surface area contributed by atoms with E-state index >= 15 is 0 Å². The van der Waals surface area contributed by atoms with Crippen LogP contribution in [0, 0.1) is 0 Å². The van der Waals surface area contributed by atoms with Gasteiger partial charge in [-0.25, -0.2) is 4.79 Å². The van der Waals surface area contributed by atoms with Gasteiger partial charge in [-0.3, -0.25) is 4.79 Å². The van der Waals surface area contributed by atoms with Crippen molar-refractivity contribution in [2.45, 2.75) is 41.6 Å². The fourth-order valence-electron chi connectivity index (χ4n) is 2.47. The van der Waals surface area contributed by atoms with E-state index in [1.165, 1.54) is 24.3 Å². The molecule has 1 saturated carbocycles. The smallest absolute Gasteiger partial charge is 0.446 e. The zero-order valence-corrected chi connectivity index (χ0v) is 12.3. The largest absolute Gasteiger partial charge is 0.480 e. The third-order valence-electron chi connectivity index (χ3n) is 3.57. The molecule has 1 aromatic rings. The van der Waals surface area contributed by atoms with Crippen LogP contribution in [0.15, 0.2) is 29.2 Å². The molecule has 0 atom stereocenters. The van der Waals surface area contributed by atoms with Gasteiger partial charge in [-0.2, -0.15) is 13.2 Å². The number of halogens is 3. The number of alkyl halides is 3. The van der Waals surface area contributed by atoms with Gasteiger partial charge in [-0.1, -0.05) is 12.8 Å². The van der Waals surface area contributed by atoms with Crippen LogP contribution in [0.4, 0.5) is 13.2 Å². The molecule has 2 N–H and O–H groups in total. The fourth-order valence-corrected chi connectivity index (χ4v) is 3.01. The summed E-state index contributed by atoms with van der Waals surface area (Å²) in [5, 5.41) is 11.8. The number of carboxylic acids is 1. The van der Waals surface area contributed by atoms with Crippen LogP contribution in [0.5, 0.6) is 0 Å². The monoisotopic (exact) mass is 333 g/mol. The summed E-state index contributed by atoms with van der Waals surface area (Å²) in [6.07, 6.45) is 2.15. The number of aliphatic carboxylic acids is 1. The molecule has 1 aromatic carbocycles. The zero-order chi connectivity index (χ0) is 16.4. The quantitative estimate of drug-likeness (QED) is 0.829. The van der Waals surface area contributed by atoms with Gasteiger partial charge in [-0.15, -0.1) is 0 Å². The normalized spacial score (nSPS) is 17.2. The number of hydrogen-bond acceptors (Lipinski definition) is 3. The van der Waals surface area contributed by atoms with Crippen molar-refractivity contribution in [2.24, 2.45) is 0 Å². The van der Waals surface area contributed by atoms with Crippen LogP contribution in [0.2, 0.25) is 0 Å². The maximum atomic E-state index is 12.2. The molecule has 4 nitrogen and oxygen atoms in total. The van der Waals surface area contributed by atoms with Crippen LogP contribution < -0.4 is 5.32 Å². The van der Waals surface area contributed by atoms with E-state index in [4.69, 9.17) is 0 Å². The van der Waals surface area contributed by atoms with Gasteiger partial charge in [0.2, 0.25) is 0 Å². The van der Waals surface area contributed by atoms with Crippen LogP contribution in [0.25, 0.3) is 0 Å². The van der Waals surface area contributed by atoms with Crippen LogP contribution in [0.3, 0.4) is 0 Å². The summed E-state index contributed by atoms with van der Waals surface area (Å²) in [6, 6.07) is 4.89. The lowest BCUT2D eigenvalue weighted by Crippen LogP contribution is -2.52. The molecule has 1 amide bonds. The molecule has 22 heavy (non-hydrogen) atoms. The Morgan fingerprint density at radius 1 is 1.14 bits per heavy atom. The maximum absolute atomic E-state index is 12.2. The minimum Gasteiger partial charge on any atom is -0.480 e. The molecular formula is C14H14F3NO3S. The molecule has 0 radical (unpaired) electrons. The second kappa shape index (κ2) is 6.20. The Hall–Kier alpha value is -1.70. The fraction of sp³-hybridized carbons (Fsp3) is 0.429. The SMILES string of the molecule is O=C(NC1(C(=O)O)CCCC1)c1ccc(SC(F)(F)F)cc1. The van der Waals surface area contributed by atoms with Crippen LogP contribution in [-0.4, -0.2) is 28.0 Å². The lowest BCUT2D eigenvalue weighted by Gasteiger charge is -2.25. The van der Waals surface area contributed by atoms with Gasteiger partial charge in [0.25, 0.3) is 5.91 Å². The Morgan fingerprint density at radius 3 is 2.14 bits per heavy atom. The van der Waals surface area contributed by atoms with Crippen molar-refractivity contribution < 1.29 is 27.9 Å². The van der Waals surface area contributed by atoms with E-state index in [9.17, 15) is 27.9 Å². The average Bonchev–Trinajstić information content (AvgIpc) is 2.87. The molecule has 1 fully saturated rings. The van der Waals surface area contributed by atoms with Gasteiger partial charge in [0, 0.05) is 10.5 Å². The van der Waals surface area contributed by atoms with Crippen molar-refractivity contribution in [3.63, 3.8) is 0 Å². The van der Waals surface area contributed by atoms with E-state index in [-0.39, 0.29) is 22.2 Å². The summed E-state index contributed by atoms with van der Waals surface area (Å²) < 4.78 is 36.7. The molecule has 2 rings (SSSR count). The second-order valence-corrected chi connectivity index (χ2v) is 6.26. The second-order valence-electron chi connectivity index (χ2n) is 5.12. The van der Waals surface area contributed by atoms with Gasteiger partial charge in [0.15, 0.2) is 0 Å². The van der Waals surface area contributed by atoms with Crippen molar-refractivity contribution in [3.8, 4) is 0 Å². The maximum Gasteiger partial charge on any atom is 0.446 e. The first kappa shape index (κ1) is 16.7. The number of nitrogens with one attached hydrogen (secondary N) is 1. The van der Waals surface area contributed by atoms with Gasteiger partial charge in [-0.05, 0) is 48.9 Å². The first-order valence-corrected chi connectivity index (χ1v) is 7.45. The number of benzene rings is 1. The molecule has 0 spiro atoms. The molecule has 8 heteroatoms. The third-order valence-corrected chi connectivity index (χ3v) is 4.31. The highest BCUT2D eigenvalue weighted by atomic mass is 32.2. The van der Waals surface area contributed by atoms with E-state index < -0.39 is 22.9 Å². The first-order valence-electron chi connectivity index (χ1n) is 6.64. The Kier molecular flexibility index (Phi) is 4.69. The van der Waals surface area contributed by atoms with Crippen molar-refractivity contribution in [2.75, 3.05) is 0 Å². The van der Waals surface area contributed by atoms with Gasteiger partial charge >= 0.3 is 11.5 Å². The summed E-state index contributed by atoms with van der Waals surface area (Å²) in [7, 11) is 0. The van der Waals surface area contributed by atoms with Crippen molar-refractivity contribution in [1.82, 2.24) is 5.32 Å². The molecule has 0 aromatic heterocycles. The molecular weight excluding hydrogens is 319 g/mol. The number of carbonyl (C=O) groups excluding carboxylic acids is 1. The Bertz CT molecular complexity index is 566. The molecule has 1 aliphatic carbocycles. The minimum atomic E-state index is -4.39. The number of carboxylic acid groups (broad SMARTS) is 1. The average molecular weight is 333 g/mol. The van der Waals surface area contributed by atoms with E-state index in [2.05, 4.69) is 5.32 Å². The highest BCUT2D eigenvalue weighted by molar-refractivity contribution is 8.00. The lowest BCUT2D eigenvalue weighted by atomic mass is 9.97. The summed E-state index contributed by atoms with van der Waals surface area (Å²) >= 11 is -0.268. The van der Waals surface area contributed by atoms with Gasteiger partial charge < -0.3 is 10.4 Å². The molecule has 1 aliphatic rings. The predicted molar refractivity (Wildman–Crippen MR) is 74.7 cm³/mol. The van der Waals surface area contributed by atoms with Crippen molar-refractivity contribution in [3.05, 3.63) is 29.8 Å². The molecule has 0 saturated heterocycles. The summed E-state index contributed by atoms with van der Waals surface area (Å²) in [5.41, 5.74) is -5.52. The van der Waals surface area contributed by atoms with Gasteiger partial charge in [0.1, 0.15) is 5.54 Å². The number of amides is 1. The van der Waals surface area contributed by atoms with Crippen molar-refractivity contribution >= 4 is 23.6 Å². The third kappa shape index (κ3) is 3.94. The minimum absolute atomic E-state index is 0.0298. The molecule has 0 heterocycles. The standard InChI is InChI=1S/C14H14F3NO3S/c15-14(16,17)22-10-5-3-9(4-6-10)11(19)18-13(12(20)21)7-1-2-8-13/h3-6H,1-2,7-8H2,(H,18,19)(H,20,21). The summed E-state index contributed by atoms with van der Waals surface area (Å²) in [5.74, 6) is -1.67. The predicted octanol–water partition coefficient (Wildman–Crippen LogP) is 3.43. The first-order chi connectivity index (χ1) is 10.2. The summed E-state index contributed by atoms with van der Waals surface area (Å²) in [4.78, 5) is 23.4. The number of hydrogen-bond donors (Lipinski definition) is 2. The highest BCUT2D eigenvalue weighted by Gasteiger charge is 2.42. The van der Waals surface area contributed by atoms with Crippen LogP contribution in [-0.2, 0) is 4.79 Å². The zero-order valence-electron chi connectivity index (χ0n) is 11.4. The summed E-state index contributed by atoms with van der Waals surface area (Å²) in [6.45, 7) is 0. The van der Waals surface area contributed by atoms with E-state index in [1.54, 1.807) is 0 Å². The number of thioether (sulfide) groups is 1. The van der Waals surface area contributed by atoms with Crippen molar-refractivity contribution in [1.29, 1.82) is 0 Å². The molecule has 0 bridgehead atoms. The van der Waals surface area contributed by atoms with E-state index in [0.29, 0.717) is 25.7 Å². The number of carbonyl (C=O) groups is 2. The molecule has 0 unspecified atom stereocenters. The van der Waals surface area contributed by atoms with Crippen LogP contribution in [0.1, 0.15) is 36.0 Å². The Labute approximate surface area is 129 Å². The van der Waals surface area contributed by atoms with Crippen LogP contribution >= 0.6 is 11.8 Å². The molecule has 120 valence electrons. The topological polar surface area (TPSA) is 66.4 Å². The molecule has 0 aliphatic heterocycles. The van der Waals surface area contributed by atoms with E-state index in [0.717, 1.165) is 0 Å². The number of rotatable bonds is 4. The van der Waals surface area contributed by atoms with Gasteiger partial charge in [0.05, 0.1) is 0 Å². The highest BCUT2D eigenvalue weighted by Crippen LogP contribution is 2.36. The Morgan fingerprint density at radius 2 is 1.68 bits per heavy atom. The lowest BCUT2D eigenvalue weighted by molar-refractivity contribution is -0.144. The van der Waals surface area contributed by atoms with E-state index in [1.807, 2.05) is 0 Å².